The number of benzene rings is 2. The molecule has 13 heteroatoms. The minimum absolute atomic E-state index is 0.00832. The summed E-state index contributed by atoms with van der Waals surface area (Å²) in [6, 6.07) is 14.9. The zero-order valence-electron chi connectivity index (χ0n) is 18.7. The zero-order valence-corrected chi connectivity index (χ0v) is 19.5. The summed E-state index contributed by atoms with van der Waals surface area (Å²) in [7, 11) is -4.69. The molecule has 3 N–H and O–H groups in total. The number of nitrogens with one attached hydrogen (secondary N) is 2. The van der Waals surface area contributed by atoms with Gasteiger partial charge >= 0.3 is 16.4 Å². The van der Waals surface area contributed by atoms with Gasteiger partial charge in [0, 0.05) is 5.69 Å². The second-order valence-corrected chi connectivity index (χ2v) is 8.99. The lowest BCUT2D eigenvalue weighted by Crippen LogP contribution is -2.66. The van der Waals surface area contributed by atoms with E-state index in [2.05, 4.69) is 10.6 Å². The van der Waals surface area contributed by atoms with Crippen molar-refractivity contribution in [3.05, 3.63) is 66.2 Å². The van der Waals surface area contributed by atoms with E-state index in [-0.39, 0.29) is 10.9 Å². The van der Waals surface area contributed by atoms with Gasteiger partial charge in [-0.2, -0.15) is 8.42 Å². The number of ether oxygens (including phenoxy) is 1. The molecule has 0 radical (unpaired) electrons. The highest BCUT2D eigenvalue weighted by atomic mass is 32.2. The Labute approximate surface area is 201 Å². The van der Waals surface area contributed by atoms with Crippen LogP contribution in [0.3, 0.4) is 0 Å². The number of alkyl carbamates (subject to hydrolysis) is 1. The van der Waals surface area contributed by atoms with Gasteiger partial charge < -0.3 is 20.3 Å². The first kappa shape index (κ1) is 25.6. The van der Waals surface area contributed by atoms with Crippen molar-refractivity contribution in [1.29, 1.82) is 0 Å². The summed E-state index contributed by atoms with van der Waals surface area (Å²) in [4.78, 5) is 50.8. The molecule has 1 aliphatic heterocycles. The van der Waals surface area contributed by atoms with Gasteiger partial charge in [-0.15, -0.1) is 0 Å². The lowest BCUT2D eigenvalue weighted by Gasteiger charge is -2.35. The van der Waals surface area contributed by atoms with Crippen molar-refractivity contribution >= 4 is 39.8 Å². The molecule has 2 aromatic rings. The normalized spacial score (nSPS) is 16.0. The minimum Gasteiger partial charge on any atom is -0.445 e. The van der Waals surface area contributed by atoms with Crippen molar-refractivity contribution in [2.45, 2.75) is 25.6 Å². The summed E-state index contributed by atoms with van der Waals surface area (Å²) in [5.41, 5.74) is 1.13. The van der Waals surface area contributed by atoms with Gasteiger partial charge in [0.25, 0.3) is 5.91 Å². The van der Waals surface area contributed by atoms with Gasteiger partial charge in [0.15, 0.2) is 0 Å². The topological polar surface area (TPSA) is 162 Å². The van der Waals surface area contributed by atoms with Crippen LogP contribution in [-0.4, -0.2) is 66.3 Å². The van der Waals surface area contributed by atoms with Gasteiger partial charge in [-0.05, 0) is 24.6 Å². The first-order chi connectivity index (χ1) is 16.6. The Hall–Kier alpha value is -3.97. The number of hydrogen-bond acceptors (Lipinski definition) is 7. The molecule has 1 heterocycles. The van der Waals surface area contributed by atoms with Crippen LogP contribution in [0.25, 0.3) is 0 Å². The lowest BCUT2D eigenvalue weighted by atomic mass is 10.1. The van der Waals surface area contributed by atoms with E-state index in [1.165, 1.54) is 6.92 Å². The number of carbonyl (C=O) groups excluding carboxylic acids is 4. The van der Waals surface area contributed by atoms with Crippen LogP contribution in [0.15, 0.2) is 60.7 Å². The lowest BCUT2D eigenvalue weighted by molar-refractivity contribution is -0.140. The monoisotopic (exact) mass is 504 g/mol. The van der Waals surface area contributed by atoms with Crippen LogP contribution < -0.4 is 15.5 Å². The molecule has 0 bridgehead atoms. The highest BCUT2D eigenvalue weighted by Crippen LogP contribution is 2.17. The van der Waals surface area contributed by atoms with Crippen LogP contribution in [0.2, 0.25) is 0 Å². The summed E-state index contributed by atoms with van der Waals surface area (Å²) in [5, 5.41) is 4.76. The molecule has 0 aromatic heterocycles. The van der Waals surface area contributed by atoms with E-state index in [9.17, 15) is 27.6 Å². The fourth-order valence-electron chi connectivity index (χ4n) is 3.24. The van der Waals surface area contributed by atoms with Crippen LogP contribution in [0, 0.1) is 0 Å². The van der Waals surface area contributed by atoms with E-state index < -0.39 is 59.3 Å². The molecule has 1 saturated heterocycles. The molecule has 35 heavy (non-hydrogen) atoms. The first-order valence-corrected chi connectivity index (χ1v) is 11.9. The SMILES string of the molecule is C[C@@H](NC(=O)OCc1ccccc1)C(=O)N(CC(=O)NC1CN(S(=O)(=O)O)C1=O)c1ccccc1. The number of amides is 4. The van der Waals surface area contributed by atoms with Crippen molar-refractivity contribution in [2.75, 3.05) is 18.0 Å². The largest absolute Gasteiger partial charge is 0.445 e. The summed E-state index contributed by atoms with van der Waals surface area (Å²) < 4.78 is 36.4. The van der Waals surface area contributed by atoms with Gasteiger partial charge in [-0.25, -0.2) is 9.10 Å². The van der Waals surface area contributed by atoms with Crippen LogP contribution in [-0.2, 0) is 36.0 Å². The van der Waals surface area contributed by atoms with Crippen molar-refractivity contribution in [3.63, 3.8) is 0 Å². The molecular formula is C22H24N4O8S. The van der Waals surface area contributed by atoms with E-state index in [1.807, 2.05) is 6.07 Å². The second-order valence-electron chi connectivity index (χ2n) is 7.65. The van der Waals surface area contributed by atoms with Crippen LogP contribution in [0.4, 0.5) is 10.5 Å². The molecule has 1 unspecified atom stereocenters. The average Bonchev–Trinajstić information content (AvgIpc) is 2.83. The molecule has 4 amide bonds. The molecule has 0 spiro atoms. The number of β-lactam (4-membered cyclic amide) rings is 1. The Morgan fingerprint density at radius 3 is 2.29 bits per heavy atom. The van der Waals surface area contributed by atoms with E-state index in [0.29, 0.717) is 5.69 Å². The van der Waals surface area contributed by atoms with Gasteiger partial charge in [0.05, 0.1) is 6.54 Å². The van der Waals surface area contributed by atoms with Crippen molar-refractivity contribution in [1.82, 2.24) is 14.9 Å². The van der Waals surface area contributed by atoms with Crippen LogP contribution >= 0.6 is 0 Å². The Balaban J connectivity index is 1.61. The Bertz CT molecular complexity index is 1190. The quantitative estimate of drug-likeness (QED) is 0.328. The molecule has 12 nitrogen and oxygen atoms in total. The number of anilines is 1. The fraction of sp³-hybridized carbons (Fsp3) is 0.273. The number of rotatable bonds is 9. The van der Waals surface area contributed by atoms with Crippen molar-refractivity contribution < 1.29 is 36.9 Å². The third-order valence-electron chi connectivity index (χ3n) is 5.06. The second kappa shape index (κ2) is 11.0. The number of hydrogen-bond donors (Lipinski definition) is 3. The maximum Gasteiger partial charge on any atom is 0.408 e. The molecule has 0 saturated carbocycles. The molecular weight excluding hydrogens is 480 g/mol. The van der Waals surface area contributed by atoms with Crippen molar-refractivity contribution in [3.8, 4) is 0 Å². The van der Waals surface area contributed by atoms with Gasteiger partial charge in [0.2, 0.25) is 11.8 Å². The first-order valence-electron chi connectivity index (χ1n) is 10.5. The third-order valence-corrected chi connectivity index (χ3v) is 5.95. The smallest absolute Gasteiger partial charge is 0.408 e. The van der Waals surface area contributed by atoms with Crippen molar-refractivity contribution in [2.24, 2.45) is 0 Å². The van der Waals surface area contributed by atoms with E-state index in [4.69, 9.17) is 9.29 Å². The Kier molecular flexibility index (Phi) is 8.04. The standard InChI is InChI=1S/C22H24N4O8S/c1-15(23-22(30)34-14-16-8-4-2-5-9-16)20(28)25(17-10-6-3-7-11-17)13-19(27)24-18-12-26(21(18)29)35(31,32)33/h2-11,15,18H,12-14H2,1H3,(H,23,30)(H,24,27)(H,31,32,33)/t15-,18?/m1/s1. The molecule has 186 valence electrons. The van der Waals surface area contributed by atoms with E-state index >= 15 is 0 Å². The van der Waals surface area contributed by atoms with Crippen LogP contribution in [0.5, 0.6) is 0 Å². The predicted octanol–water partition coefficient (Wildman–Crippen LogP) is 0.464. The summed E-state index contributed by atoms with van der Waals surface area (Å²) >= 11 is 0. The molecule has 2 aromatic carbocycles. The molecule has 1 fully saturated rings. The van der Waals surface area contributed by atoms with E-state index in [0.717, 1.165) is 10.5 Å². The highest BCUT2D eigenvalue weighted by Gasteiger charge is 2.44. The summed E-state index contributed by atoms with van der Waals surface area (Å²) in [6.07, 6.45) is -0.822. The maximum absolute atomic E-state index is 13.1. The zero-order chi connectivity index (χ0) is 25.6. The predicted molar refractivity (Wildman–Crippen MR) is 123 cm³/mol. The molecule has 2 atom stereocenters. The number of para-hydroxylation sites is 1. The fourth-order valence-corrected chi connectivity index (χ4v) is 3.93. The van der Waals surface area contributed by atoms with Gasteiger partial charge in [-0.3, -0.25) is 18.9 Å². The maximum atomic E-state index is 13.1. The van der Waals surface area contributed by atoms with Gasteiger partial charge in [0.1, 0.15) is 25.2 Å². The Morgan fingerprint density at radius 2 is 1.71 bits per heavy atom. The Morgan fingerprint density at radius 1 is 1.11 bits per heavy atom. The minimum atomic E-state index is -4.69. The molecule has 3 rings (SSSR count). The van der Waals surface area contributed by atoms with E-state index in [1.54, 1.807) is 54.6 Å². The molecule has 1 aliphatic rings. The summed E-state index contributed by atoms with van der Waals surface area (Å²) in [5.74, 6) is -2.36. The van der Waals surface area contributed by atoms with Gasteiger partial charge in [-0.1, -0.05) is 48.5 Å². The molecule has 0 aliphatic carbocycles. The average molecular weight is 505 g/mol. The third kappa shape index (κ3) is 6.77. The number of carbonyl (C=O) groups is 4. The number of nitrogens with zero attached hydrogens (tertiary/aromatic N) is 2. The highest BCUT2D eigenvalue weighted by molar-refractivity contribution is 7.84. The summed E-state index contributed by atoms with van der Waals surface area (Å²) in [6.45, 7) is 0.505. The van der Waals surface area contributed by atoms with Crippen LogP contribution in [0.1, 0.15) is 12.5 Å².